The Morgan fingerprint density at radius 1 is 0.500 bits per heavy atom. The molecule has 1 atom stereocenters. The second kappa shape index (κ2) is 7.08. The lowest BCUT2D eigenvalue weighted by Crippen LogP contribution is -2.34. The van der Waals surface area contributed by atoms with Gasteiger partial charge in [0, 0.05) is 23.2 Å². The average Bonchev–Trinajstić information content (AvgIpc) is 3.49. The Bertz CT molecular complexity index is 2080. The zero-order valence-electron chi connectivity index (χ0n) is 20.6. The summed E-state index contributed by atoms with van der Waals surface area (Å²) in [6.07, 6.45) is 3.80. The number of benzene rings is 5. The summed E-state index contributed by atoms with van der Waals surface area (Å²) in [6.45, 7) is 0. The van der Waals surface area contributed by atoms with E-state index in [1.165, 1.54) is 72.0 Å². The van der Waals surface area contributed by atoms with Crippen LogP contribution in [0.15, 0.2) is 134 Å². The molecule has 1 unspecified atom stereocenters. The maximum Gasteiger partial charge on any atom is 0.0760 e. The number of pyridine rings is 1. The molecule has 2 heteroatoms. The van der Waals surface area contributed by atoms with Gasteiger partial charge >= 0.3 is 0 Å². The van der Waals surface area contributed by atoms with Crippen LogP contribution in [0.2, 0.25) is 0 Å². The van der Waals surface area contributed by atoms with Crippen LogP contribution in [-0.4, -0.2) is 9.55 Å². The van der Waals surface area contributed by atoms with Gasteiger partial charge in [-0.3, -0.25) is 4.98 Å². The highest BCUT2D eigenvalue weighted by Crippen LogP contribution is 2.62. The zero-order chi connectivity index (χ0) is 24.8. The van der Waals surface area contributed by atoms with Gasteiger partial charge in [-0.1, -0.05) is 97.1 Å². The topological polar surface area (TPSA) is 17.8 Å². The van der Waals surface area contributed by atoms with Crippen LogP contribution in [0.25, 0.3) is 49.7 Å². The lowest BCUT2D eigenvalue weighted by Gasteiger charge is -2.40. The molecule has 0 amide bonds. The quantitative estimate of drug-likeness (QED) is 0.229. The molecule has 0 saturated heterocycles. The van der Waals surface area contributed by atoms with Crippen molar-refractivity contribution in [3.05, 3.63) is 156 Å². The van der Waals surface area contributed by atoms with Crippen molar-refractivity contribution in [2.45, 2.75) is 5.41 Å². The Hall–Kier alpha value is -4.95. The summed E-state index contributed by atoms with van der Waals surface area (Å²) in [5.41, 5.74) is 13.9. The maximum atomic E-state index is 4.33. The van der Waals surface area contributed by atoms with Crippen molar-refractivity contribution >= 4 is 21.8 Å². The first-order valence-electron chi connectivity index (χ1n) is 13.2. The number of fused-ring (bicyclic) bond motifs is 12. The molecule has 0 bridgehead atoms. The van der Waals surface area contributed by atoms with Gasteiger partial charge < -0.3 is 4.57 Å². The molecule has 1 aliphatic carbocycles. The fraction of sp³-hybridized carbons (Fsp3) is 0.0278. The number of nitrogens with zero attached hydrogens (tertiary/aromatic N) is 2. The van der Waals surface area contributed by atoms with E-state index in [0.717, 1.165) is 0 Å². The van der Waals surface area contributed by atoms with E-state index in [2.05, 4.69) is 131 Å². The third-order valence-electron chi connectivity index (χ3n) is 8.70. The minimum absolute atomic E-state index is 0.438. The van der Waals surface area contributed by atoms with Gasteiger partial charge in [0.25, 0.3) is 0 Å². The second-order valence-corrected chi connectivity index (χ2v) is 10.3. The molecule has 9 rings (SSSR count). The van der Waals surface area contributed by atoms with Gasteiger partial charge in [0.2, 0.25) is 0 Å². The summed E-state index contributed by atoms with van der Waals surface area (Å²) in [4.78, 5) is 4.33. The molecule has 1 aliphatic heterocycles. The van der Waals surface area contributed by atoms with Gasteiger partial charge in [-0.05, 0) is 68.8 Å². The van der Waals surface area contributed by atoms with E-state index in [4.69, 9.17) is 0 Å². The summed E-state index contributed by atoms with van der Waals surface area (Å²) in [5.74, 6) is 0. The summed E-state index contributed by atoms with van der Waals surface area (Å²) < 4.78 is 2.50. The van der Waals surface area contributed by atoms with Gasteiger partial charge in [0.1, 0.15) is 0 Å². The van der Waals surface area contributed by atoms with Crippen LogP contribution in [0.1, 0.15) is 22.3 Å². The Kier molecular flexibility index (Phi) is 3.76. The van der Waals surface area contributed by atoms with Gasteiger partial charge in [0.15, 0.2) is 0 Å². The molecule has 0 N–H and O–H groups in total. The van der Waals surface area contributed by atoms with Crippen LogP contribution >= 0.6 is 0 Å². The highest BCUT2D eigenvalue weighted by atomic mass is 15.0. The van der Waals surface area contributed by atoms with Crippen LogP contribution in [0, 0.1) is 0 Å². The monoisotopic (exact) mass is 482 g/mol. The molecule has 176 valence electrons. The molecule has 7 aromatic rings. The Labute approximate surface area is 220 Å². The van der Waals surface area contributed by atoms with Crippen molar-refractivity contribution in [1.82, 2.24) is 9.55 Å². The molecule has 1 spiro atoms. The number of aromatic nitrogens is 2. The van der Waals surface area contributed by atoms with Crippen molar-refractivity contribution in [2.75, 3.05) is 0 Å². The first-order valence-corrected chi connectivity index (χ1v) is 13.2. The van der Waals surface area contributed by atoms with Crippen LogP contribution in [0.5, 0.6) is 0 Å². The fourth-order valence-corrected chi connectivity index (χ4v) is 7.39. The molecule has 38 heavy (non-hydrogen) atoms. The van der Waals surface area contributed by atoms with E-state index in [-0.39, 0.29) is 0 Å². The summed E-state index contributed by atoms with van der Waals surface area (Å²) >= 11 is 0. The van der Waals surface area contributed by atoms with Crippen LogP contribution in [0.4, 0.5) is 0 Å². The van der Waals surface area contributed by atoms with E-state index >= 15 is 0 Å². The predicted molar refractivity (Wildman–Crippen MR) is 155 cm³/mol. The maximum absolute atomic E-state index is 4.33. The lowest BCUT2D eigenvalue weighted by molar-refractivity contribution is 0.750. The SMILES string of the molecule is c1ccc2c(c1)-c1cccc(-c3ccncc3)c1C21c2ccccc2-n2c3ccccc3c3cccc1c32. The fourth-order valence-electron chi connectivity index (χ4n) is 7.39. The Morgan fingerprint density at radius 3 is 2.08 bits per heavy atom. The minimum atomic E-state index is -0.438. The standard InChI is InChI=1S/C36H22N2/c1-3-14-29-25(9-1)27-12-7-11-24(23-19-21-37-22-20-23)34(27)36(29)30-15-4-6-18-33(30)38-32-17-5-2-10-26(32)28-13-8-16-31(36)35(28)38/h1-22H. The molecule has 0 radical (unpaired) electrons. The van der Waals surface area contributed by atoms with E-state index < -0.39 is 5.41 Å². The molecule has 3 heterocycles. The van der Waals surface area contributed by atoms with Crippen molar-refractivity contribution < 1.29 is 0 Å². The molecule has 0 fully saturated rings. The summed E-state index contributed by atoms with van der Waals surface area (Å²) in [5, 5.41) is 2.60. The molecular formula is C36H22N2. The average molecular weight is 483 g/mol. The third-order valence-corrected chi connectivity index (χ3v) is 8.70. The Morgan fingerprint density at radius 2 is 1.16 bits per heavy atom. The highest BCUT2D eigenvalue weighted by molar-refractivity contribution is 6.13. The van der Waals surface area contributed by atoms with Gasteiger partial charge in [-0.2, -0.15) is 0 Å². The van der Waals surface area contributed by atoms with Crippen LogP contribution < -0.4 is 0 Å². The van der Waals surface area contributed by atoms with E-state index in [0.29, 0.717) is 0 Å². The molecule has 2 nitrogen and oxygen atoms in total. The number of rotatable bonds is 1. The van der Waals surface area contributed by atoms with Crippen molar-refractivity contribution in [2.24, 2.45) is 0 Å². The molecule has 2 aromatic heterocycles. The van der Waals surface area contributed by atoms with E-state index in [1.54, 1.807) is 0 Å². The first-order chi connectivity index (χ1) is 18.9. The molecule has 0 saturated carbocycles. The third kappa shape index (κ3) is 2.23. The minimum Gasteiger partial charge on any atom is -0.309 e. The molecule has 2 aliphatic rings. The lowest BCUT2D eigenvalue weighted by atomic mass is 9.64. The highest BCUT2D eigenvalue weighted by Gasteiger charge is 2.51. The van der Waals surface area contributed by atoms with Gasteiger partial charge in [-0.15, -0.1) is 0 Å². The number of para-hydroxylation sites is 3. The molecular weight excluding hydrogens is 460 g/mol. The van der Waals surface area contributed by atoms with Crippen molar-refractivity contribution in [1.29, 1.82) is 0 Å². The summed E-state index contributed by atoms with van der Waals surface area (Å²) in [7, 11) is 0. The van der Waals surface area contributed by atoms with Crippen molar-refractivity contribution in [3.63, 3.8) is 0 Å². The molecule has 5 aromatic carbocycles. The smallest absolute Gasteiger partial charge is 0.0760 e. The van der Waals surface area contributed by atoms with Crippen LogP contribution in [-0.2, 0) is 5.41 Å². The van der Waals surface area contributed by atoms with Crippen LogP contribution in [0.3, 0.4) is 0 Å². The van der Waals surface area contributed by atoms with Gasteiger partial charge in [0.05, 0.1) is 22.1 Å². The van der Waals surface area contributed by atoms with E-state index in [1.807, 2.05) is 12.4 Å². The largest absolute Gasteiger partial charge is 0.309 e. The second-order valence-electron chi connectivity index (χ2n) is 10.3. The van der Waals surface area contributed by atoms with Crippen molar-refractivity contribution in [3.8, 4) is 27.9 Å². The number of hydrogen-bond acceptors (Lipinski definition) is 1. The predicted octanol–water partition coefficient (Wildman–Crippen LogP) is 8.52. The summed E-state index contributed by atoms with van der Waals surface area (Å²) in [6, 6.07) is 44.8. The normalized spacial score (nSPS) is 16.5. The number of hydrogen-bond donors (Lipinski definition) is 0. The van der Waals surface area contributed by atoms with E-state index in [9.17, 15) is 0 Å². The Balaban J connectivity index is 1.57. The first kappa shape index (κ1) is 20.1. The van der Waals surface area contributed by atoms with Gasteiger partial charge in [-0.25, -0.2) is 0 Å². The zero-order valence-corrected chi connectivity index (χ0v) is 20.6.